The quantitative estimate of drug-likeness (QED) is 0.226. The van der Waals surface area contributed by atoms with Crippen LogP contribution in [0.4, 0.5) is 0 Å². The van der Waals surface area contributed by atoms with Crippen LogP contribution in [0.5, 0.6) is 0 Å². The molecule has 0 heterocycles. The number of carbonyl (C=O) groups excluding carboxylic acids is 2. The van der Waals surface area contributed by atoms with E-state index >= 15 is 0 Å². The molecule has 152 valence electrons. The maximum atomic E-state index is 13.0. The van der Waals surface area contributed by atoms with E-state index in [1.165, 1.54) is 7.11 Å². The van der Waals surface area contributed by atoms with E-state index in [-0.39, 0.29) is 5.76 Å². The van der Waals surface area contributed by atoms with E-state index in [4.69, 9.17) is 9.47 Å². The van der Waals surface area contributed by atoms with Crippen molar-refractivity contribution >= 4 is 12.1 Å². The van der Waals surface area contributed by atoms with Crippen molar-refractivity contribution in [3.05, 3.63) is 120 Å². The zero-order chi connectivity index (χ0) is 21.4. The van der Waals surface area contributed by atoms with Crippen molar-refractivity contribution in [3.8, 4) is 0 Å². The van der Waals surface area contributed by atoms with Gasteiger partial charge >= 0.3 is 0 Å². The predicted molar refractivity (Wildman–Crippen MR) is 116 cm³/mol. The Morgan fingerprint density at radius 3 is 1.53 bits per heavy atom. The maximum absolute atomic E-state index is 13.0. The van der Waals surface area contributed by atoms with Crippen LogP contribution in [-0.4, -0.2) is 25.3 Å². The highest BCUT2D eigenvalue weighted by molar-refractivity contribution is 5.99. The molecule has 0 radical (unpaired) electrons. The molecule has 0 saturated carbocycles. The first-order chi connectivity index (χ1) is 14.6. The van der Waals surface area contributed by atoms with Crippen molar-refractivity contribution in [1.29, 1.82) is 0 Å². The highest BCUT2D eigenvalue weighted by atomic mass is 16.5. The molecular formula is C26H24O4. The number of methoxy groups -OCH3 is 1. The smallest absolute Gasteiger partial charge is 0.225 e. The van der Waals surface area contributed by atoms with E-state index in [0.717, 1.165) is 22.8 Å². The number of ketones is 1. The lowest BCUT2D eigenvalue weighted by atomic mass is 9.80. The molecule has 3 rings (SSSR count). The minimum absolute atomic E-state index is 0.0411. The number of Topliss-reactive ketones (excluding diaryl/α,β-unsaturated/α-hetero) is 1. The lowest BCUT2D eigenvalue weighted by Crippen LogP contribution is -2.39. The van der Waals surface area contributed by atoms with Crippen LogP contribution in [0.15, 0.2) is 103 Å². The Hall–Kier alpha value is -3.50. The molecule has 3 aromatic carbocycles. The Bertz CT molecular complexity index is 898. The second kappa shape index (κ2) is 9.81. The van der Waals surface area contributed by atoms with Crippen LogP contribution in [0.1, 0.15) is 23.6 Å². The van der Waals surface area contributed by atoms with Gasteiger partial charge in [-0.1, -0.05) is 91.0 Å². The molecule has 0 aliphatic rings. The molecule has 4 nitrogen and oxygen atoms in total. The maximum Gasteiger partial charge on any atom is 0.225 e. The number of allylic oxidation sites excluding steroid dienone is 1. The SMILES string of the molecule is CO/C(=C\C=O)C(=O)[C@H](C)OC(c1ccccc1)(c1ccccc1)c1ccccc1. The van der Waals surface area contributed by atoms with E-state index in [2.05, 4.69) is 0 Å². The summed E-state index contributed by atoms with van der Waals surface area (Å²) in [6.07, 6.45) is 0.761. The summed E-state index contributed by atoms with van der Waals surface area (Å²) < 4.78 is 11.7. The average Bonchev–Trinajstić information content (AvgIpc) is 2.82. The van der Waals surface area contributed by atoms with Gasteiger partial charge in [0.15, 0.2) is 5.76 Å². The van der Waals surface area contributed by atoms with Crippen LogP contribution < -0.4 is 0 Å². The summed E-state index contributed by atoms with van der Waals surface area (Å²) in [7, 11) is 1.36. The molecule has 0 unspecified atom stereocenters. The fourth-order valence-corrected chi connectivity index (χ4v) is 3.55. The number of hydrogen-bond donors (Lipinski definition) is 0. The lowest BCUT2D eigenvalue weighted by molar-refractivity contribution is -0.136. The first-order valence-electron chi connectivity index (χ1n) is 9.71. The third-order valence-corrected chi connectivity index (χ3v) is 4.95. The number of benzene rings is 3. The molecule has 1 atom stereocenters. The molecule has 3 aromatic rings. The highest BCUT2D eigenvalue weighted by Gasteiger charge is 2.40. The van der Waals surface area contributed by atoms with Gasteiger partial charge in [-0.05, 0) is 23.6 Å². The van der Waals surface area contributed by atoms with Crippen LogP contribution in [0, 0.1) is 0 Å². The predicted octanol–water partition coefficient (Wildman–Crippen LogP) is 4.68. The topological polar surface area (TPSA) is 52.6 Å². The van der Waals surface area contributed by atoms with Crippen LogP contribution >= 0.6 is 0 Å². The number of rotatable bonds is 9. The van der Waals surface area contributed by atoms with E-state index in [0.29, 0.717) is 6.29 Å². The third kappa shape index (κ3) is 4.24. The van der Waals surface area contributed by atoms with Gasteiger partial charge in [-0.3, -0.25) is 9.59 Å². The molecule has 0 fully saturated rings. The number of carbonyl (C=O) groups is 2. The van der Waals surface area contributed by atoms with Crippen molar-refractivity contribution in [3.63, 3.8) is 0 Å². The van der Waals surface area contributed by atoms with Gasteiger partial charge in [0.2, 0.25) is 5.78 Å². The second-order valence-corrected chi connectivity index (χ2v) is 6.77. The Kier molecular flexibility index (Phi) is 6.94. The number of hydrogen-bond acceptors (Lipinski definition) is 4. The Morgan fingerprint density at radius 1 is 0.800 bits per heavy atom. The molecule has 0 aromatic heterocycles. The molecule has 0 aliphatic heterocycles. The Balaban J connectivity index is 2.20. The fraction of sp³-hybridized carbons (Fsp3) is 0.154. The highest BCUT2D eigenvalue weighted by Crippen LogP contribution is 2.41. The van der Waals surface area contributed by atoms with Gasteiger partial charge in [-0.2, -0.15) is 0 Å². The summed E-state index contributed by atoms with van der Waals surface area (Å²) in [5.74, 6) is -0.447. The van der Waals surface area contributed by atoms with Crippen molar-refractivity contribution in [2.24, 2.45) is 0 Å². The molecule has 0 N–H and O–H groups in total. The van der Waals surface area contributed by atoms with E-state index in [1.807, 2.05) is 91.0 Å². The van der Waals surface area contributed by atoms with Gasteiger partial charge in [0.25, 0.3) is 0 Å². The van der Waals surface area contributed by atoms with Crippen molar-refractivity contribution in [1.82, 2.24) is 0 Å². The van der Waals surface area contributed by atoms with Gasteiger partial charge in [0.05, 0.1) is 7.11 Å². The largest absolute Gasteiger partial charge is 0.493 e. The van der Waals surface area contributed by atoms with E-state index in [9.17, 15) is 9.59 Å². The summed E-state index contributed by atoms with van der Waals surface area (Å²) in [6, 6.07) is 29.4. The minimum Gasteiger partial charge on any atom is -0.493 e. The summed E-state index contributed by atoms with van der Waals surface area (Å²) in [4.78, 5) is 23.9. The van der Waals surface area contributed by atoms with Crippen LogP contribution in [-0.2, 0) is 24.7 Å². The molecular weight excluding hydrogens is 376 g/mol. The van der Waals surface area contributed by atoms with Crippen molar-refractivity contribution in [2.75, 3.05) is 7.11 Å². The van der Waals surface area contributed by atoms with Gasteiger partial charge in [-0.15, -0.1) is 0 Å². The lowest BCUT2D eigenvalue weighted by Gasteiger charge is -2.37. The molecule has 0 bridgehead atoms. The van der Waals surface area contributed by atoms with Gasteiger partial charge < -0.3 is 9.47 Å². The minimum atomic E-state index is -1.03. The monoisotopic (exact) mass is 400 g/mol. The summed E-state index contributed by atoms with van der Waals surface area (Å²) in [5, 5.41) is 0. The average molecular weight is 400 g/mol. The molecule has 0 spiro atoms. The number of ether oxygens (including phenoxy) is 2. The van der Waals surface area contributed by atoms with Crippen LogP contribution in [0.3, 0.4) is 0 Å². The van der Waals surface area contributed by atoms with E-state index in [1.54, 1.807) is 6.92 Å². The van der Waals surface area contributed by atoms with Gasteiger partial charge in [0, 0.05) is 6.08 Å². The molecule has 0 aliphatic carbocycles. The van der Waals surface area contributed by atoms with Gasteiger partial charge in [0.1, 0.15) is 18.0 Å². The van der Waals surface area contributed by atoms with Crippen molar-refractivity contribution in [2.45, 2.75) is 18.6 Å². The standard InChI is InChI=1S/C26H24O4/c1-20(25(28)24(29-2)18-19-27)30-26(21-12-6-3-7-13-21,22-14-8-4-9-15-22)23-16-10-5-11-17-23/h3-20H,1-2H3/b24-18-/t20-/m0/s1. The molecule has 30 heavy (non-hydrogen) atoms. The summed E-state index contributed by atoms with van der Waals surface area (Å²) >= 11 is 0. The normalized spacial score (nSPS) is 12.8. The number of aldehydes is 1. The summed E-state index contributed by atoms with van der Waals surface area (Å²) in [6.45, 7) is 1.67. The van der Waals surface area contributed by atoms with Gasteiger partial charge in [-0.25, -0.2) is 0 Å². The van der Waals surface area contributed by atoms with Crippen LogP contribution in [0.2, 0.25) is 0 Å². The van der Waals surface area contributed by atoms with Crippen LogP contribution in [0.25, 0.3) is 0 Å². The Labute approximate surface area is 176 Å². The zero-order valence-electron chi connectivity index (χ0n) is 17.0. The van der Waals surface area contributed by atoms with Crippen molar-refractivity contribution < 1.29 is 19.1 Å². The van der Waals surface area contributed by atoms with E-state index < -0.39 is 17.5 Å². The fourth-order valence-electron chi connectivity index (χ4n) is 3.55. The second-order valence-electron chi connectivity index (χ2n) is 6.77. The first-order valence-corrected chi connectivity index (χ1v) is 9.71. The third-order valence-electron chi connectivity index (χ3n) is 4.95. The summed E-state index contributed by atoms with van der Waals surface area (Å²) in [5.41, 5.74) is 1.64. The molecule has 0 amide bonds. The first kappa shape index (κ1) is 21.2. The Morgan fingerprint density at radius 2 is 1.20 bits per heavy atom. The zero-order valence-corrected chi connectivity index (χ0v) is 17.0. The molecule has 4 heteroatoms. The molecule has 0 saturated heterocycles.